The number of carbonyl (C=O) groups excluding carboxylic acids is 2. The molecule has 0 radical (unpaired) electrons. The molecule has 0 bridgehead atoms. The summed E-state index contributed by atoms with van der Waals surface area (Å²) in [5, 5.41) is 2.28. The van der Waals surface area contributed by atoms with E-state index in [9.17, 15) is 14.4 Å². The van der Waals surface area contributed by atoms with Gasteiger partial charge in [0.15, 0.2) is 5.58 Å². The lowest BCUT2D eigenvalue weighted by atomic mass is 9.82. The summed E-state index contributed by atoms with van der Waals surface area (Å²) in [6.45, 7) is 6.36. The van der Waals surface area contributed by atoms with Crippen molar-refractivity contribution in [3.05, 3.63) is 34.3 Å². The summed E-state index contributed by atoms with van der Waals surface area (Å²) < 4.78 is 6.70. The van der Waals surface area contributed by atoms with Crippen molar-refractivity contribution in [2.24, 2.45) is 0 Å². The molecule has 1 saturated heterocycles. The van der Waals surface area contributed by atoms with E-state index in [0.717, 1.165) is 12.0 Å². The van der Waals surface area contributed by atoms with Crippen LogP contribution in [-0.4, -0.2) is 16.4 Å². The van der Waals surface area contributed by atoms with E-state index in [1.165, 1.54) is 4.57 Å². The summed E-state index contributed by atoms with van der Waals surface area (Å²) >= 11 is 0. The van der Waals surface area contributed by atoms with E-state index in [0.29, 0.717) is 17.5 Å². The number of aromatic nitrogens is 1. The van der Waals surface area contributed by atoms with Crippen molar-refractivity contribution in [1.29, 1.82) is 0 Å². The number of nitrogens with one attached hydrogen (secondary N) is 1. The average Bonchev–Trinajstić information content (AvgIpc) is 2.82. The van der Waals surface area contributed by atoms with Gasteiger partial charge in [-0.25, -0.2) is 4.79 Å². The van der Waals surface area contributed by atoms with Crippen molar-refractivity contribution in [2.75, 3.05) is 0 Å². The van der Waals surface area contributed by atoms with Crippen molar-refractivity contribution >= 4 is 22.9 Å². The number of hydrogen-bond acceptors (Lipinski definition) is 4. The van der Waals surface area contributed by atoms with Crippen LogP contribution in [0.4, 0.5) is 0 Å². The smallest absolute Gasteiger partial charge is 0.408 e. The fraction of sp³-hybridized carbons (Fsp3) is 0.471. The molecule has 0 saturated carbocycles. The van der Waals surface area contributed by atoms with Crippen LogP contribution in [0.15, 0.2) is 27.4 Å². The number of fused-ring (bicyclic) bond motifs is 1. The average molecular weight is 318 g/mol. The highest BCUT2D eigenvalue weighted by Crippen LogP contribution is 2.30. The monoisotopic (exact) mass is 318 g/mol. The highest BCUT2D eigenvalue weighted by Gasteiger charge is 2.31. The number of imide groups is 1. The quantitative estimate of drug-likeness (QED) is 0.882. The number of carbonyl (C=O) groups is 2. The zero-order chi connectivity index (χ0) is 16.8. The van der Waals surface area contributed by atoms with Crippen LogP contribution in [0.1, 0.15) is 53.1 Å². The third-order valence-electron chi connectivity index (χ3n) is 4.80. The van der Waals surface area contributed by atoms with Gasteiger partial charge in [-0.2, -0.15) is 0 Å². The first kappa shape index (κ1) is 15.5. The van der Waals surface area contributed by atoms with Crippen molar-refractivity contribution in [2.45, 2.75) is 51.5 Å². The van der Waals surface area contributed by atoms with Crippen LogP contribution >= 0.6 is 0 Å². The molecular weight excluding hydrogens is 296 g/mol. The Morgan fingerprint density at radius 2 is 2.09 bits per heavy atom. The number of amides is 2. The summed E-state index contributed by atoms with van der Waals surface area (Å²) in [5.41, 5.74) is 2.11. The van der Waals surface area contributed by atoms with E-state index in [4.69, 9.17) is 4.42 Å². The first-order valence-corrected chi connectivity index (χ1v) is 7.83. The topological polar surface area (TPSA) is 81.3 Å². The second-order valence-electron chi connectivity index (χ2n) is 6.62. The predicted octanol–water partition coefficient (Wildman–Crippen LogP) is 2.51. The molecule has 2 amide bonds. The van der Waals surface area contributed by atoms with Gasteiger partial charge in [-0.15, -0.1) is 0 Å². The Morgan fingerprint density at radius 3 is 2.74 bits per heavy atom. The summed E-state index contributed by atoms with van der Waals surface area (Å²) in [5.74, 6) is -1.33. The molecule has 1 aliphatic heterocycles. The van der Waals surface area contributed by atoms with Crippen LogP contribution in [0.2, 0.25) is 0 Å². The summed E-state index contributed by atoms with van der Waals surface area (Å²) in [7, 11) is 0. The fourth-order valence-corrected chi connectivity index (χ4v) is 2.89. The van der Waals surface area contributed by atoms with E-state index in [2.05, 4.69) is 26.1 Å². The van der Waals surface area contributed by atoms with E-state index in [1.54, 1.807) is 0 Å². The largest absolute Gasteiger partial charge is 0.420 e. The van der Waals surface area contributed by atoms with Gasteiger partial charge in [-0.3, -0.25) is 19.5 Å². The molecule has 0 unspecified atom stereocenters. The summed E-state index contributed by atoms with van der Waals surface area (Å²) in [4.78, 5) is 35.5. The normalized spacial score (nSPS) is 19.2. The van der Waals surface area contributed by atoms with Crippen LogP contribution in [-0.2, 0) is 15.0 Å². The van der Waals surface area contributed by atoms with Gasteiger partial charge < -0.3 is 4.42 Å². The van der Waals surface area contributed by atoms with Crippen molar-refractivity contribution < 1.29 is 15.4 Å². The van der Waals surface area contributed by atoms with Gasteiger partial charge in [0.1, 0.15) is 6.04 Å². The van der Waals surface area contributed by atoms with Crippen molar-refractivity contribution in [3.63, 3.8) is 0 Å². The maximum absolute atomic E-state index is 12.2. The predicted molar refractivity (Wildman–Crippen MR) is 87.3 cm³/mol. The van der Waals surface area contributed by atoms with Gasteiger partial charge in [0.25, 0.3) is 0 Å². The first-order chi connectivity index (χ1) is 10.8. The standard InChI is InChI=1S/C17H20N2O4.H2/c1-4-17(2,3)10-5-6-11-13(9-10)23-16(22)19(11)12-7-8-14(20)18-15(12)21;/h5-6,9,12H,4,7-8H2,1-3H3,(H,18,20,21);1H/t12-;/m0./s1. The van der Waals surface area contributed by atoms with Gasteiger partial charge in [0, 0.05) is 7.85 Å². The number of piperidine rings is 1. The number of nitrogens with zero attached hydrogens (tertiary/aromatic N) is 1. The lowest BCUT2D eigenvalue weighted by Crippen LogP contribution is -2.43. The second-order valence-corrected chi connectivity index (χ2v) is 6.62. The molecule has 3 rings (SSSR count). The van der Waals surface area contributed by atoms with Crippen LogP contribution < -0.4 is 11.1 Å². The molecule has 6 heteroatoms. The van der Waals surface area contributed by atoms with Gasteiger partial charge in [-0.05, 0) is 36.0 Å². The number of oxazole rings is 1. The zero-order valence-corrected chi connectivity index (χ0v) is 13.5. The lowest BCUT2D eigenvalue weighted by molar-refractivity contribution is -0.135. The Bertz CT molecular complexity index is 850. The molecule has 0 aliphatic carbocycles. The Morgan fingerprint density at radius 1 is 1.35 bits per heavy atom. The molecule has 1 aromatic heterocycles. The fourth-order valence-electron chi connectivity index (χ4n) is 2.89. The van der Waals surface area contributed by atoms with E-state index in [-0.39, 0.29) is 19.2 Å². The minimum atomic E-state index is -0.702. The molecule has 23 heavy (non-hydrogen) atoms. The number of hydrogen-bond donors (Lipinski definition) is 1. The minimum Gasteiger partial charge on any atom is -0.408 e. The molecule has 1 aromatic carbocycles. The molecular formula is C17H22N2O4. The third kappa shape index (κ3) is 2.58. The Labute approximate surface area is 134 Å². The molecule has 124 valence electrons. The molecule has 0 spiro atoms. The minimum absolute atomic E-state index is 0. The van der Waals surface area contributed by atoms with Gasteiger partial charge >= 0.3 is 5.76 Å². The Balaban J connectivity index is 0.00000208. The van der Waals surface area contributed by atoms with Gasteiger partial charge in [-0.1, -0.05) is 26.8 Å². The van der Waals surface area contributed by atoms with Crippen LogP contribution in [0.5, 0.6) is 0 Å². The van der Waals surface area contributed by atoms with E-state index >= 15 is 0 Å². The SMILES string of the molecule is CCC(C)(C)c1ccc2c(c1)oc(=O)n2[C@H]1CCC(=O)NC1=O.[HH]. The van der Waals surface area contributed by atoms with E-state index < -0.39 is 17.7 Å². The molecule has 1 atom stereocenters. The zero-order valence-electron chi connectivity index (χ0n) is 13.5. The maximum Gasteiger partial charge on any atom is 0.420 e. The Kier molecular flexibility index (Phi) is 3.62. The molecule has 6 nitrogen and oxygen atoms in total. The molecule has 2 heterocycles. The first-order valence-electron chi connectivity index (χ1n) is 7.83. The third-order valence-corrected chi connectivity index (χ3v) is 4.80. The molecule has 1 N–H and O–H groups in total. The highest BCUT2D eigenvalue weighted by molar-refractivity contribution is 6.00. The Hall–Kier alpha value is -2.37. The summed E-state index contributed by atoms with van der Waals surface area (Å²) in [6.07, 6.45) is 1.48. The maximum atomic E-state index is 12.2. The second kappa shape index (κ2) is 5.37. The van der Waals surface area contributed by atoms with Crippen LogP contribution in [0.25, 0.3) is 11.1 Å². The van der Waals surface area contributed by atoms with Crippen molar-refractivity contribution in [1.82, 2.24) is 9.88 Å². The van der Waals surface area contributed by atoms with Crippen LogP contribution in [0, 0.1) is 0 Å². The number of benzene rings is 1. The van der Waals surface area contributed by atoms with E-state index in [1.807, 2.05) is 18.2 Å². The summed E-state index contributed by atoms with van der Waals surface area (Å²) in [6, 6.07) is 4.94. The highest BCUT2D eigenvalue weighted by atomic mass is 16.4. The number of rotatable bonds is 3. The molecule has 1 aliphatic rings. The lowest BCUT2D eigenvalue weighted by Gasteiger charge is -2.23. The molecule has 1 fully saturated rings. The molecule has 2 aromatic rings. The van der Waals surface area contributed by atoms with Crippen LogP contribution in [0.3, 0.4) is 0 Å². The van der Waals surface area contributed by atoms with Crippen molar-refractivity contribution in [3.8, 4) is 0 Å². The van der Waals surface area contributed by atoms with Gasteiger partial charge in [0.05, 0.1) is 5.52 Å². The van der Waals surface area contributed by atoms with Gasteiger partial charge in [0.2, 0.25) is 11.8 Å².